The van der Waals surface area contributed by atoms with E-state index < -0.39 is 7.26 Å². The van der Waals surface area contributed by atoms with Gasteiger partial charge in [0.1, 0.15) is 0 Å². The maximum atomic E-state index is 2.37. The molecule has 0 fully saturated rings. The molecular formula is C25H23P. The quantitative estimate of drug-likeness (QED) is 0.478. The maximum absolute atomic E-state index is 2.37. The van der Waals surface area contributed by atoms with Crippen LogP contribution in [-0.2, 0) is 0 Å². The predicted octanol–water partition coefficient (Wildman–Crippen LogP) is 4.35. The van der Waals surface area contributed by atoms with Crippen LogP contribution in [0.5, 0.6) is 0 Å². The monoisotopic (exact) mass is 354 g/mol. The van der Waals surface area contributed by atoms with E-state index in [9.17, 15) is 0 Å². The molecule has 0 radical (unpaired) electrons. The Bertz CT molecular complexity index is 879. The second-order valence-corrected chi connectivity index (χ2v) is 10.5. The fourth-order valence-electron chi connectivity index (χ4n) is 3.94. The van der Waals surface area contributed by atoms with Gasteiger partial charge >= 0.3 is 156 Å². The van der Waals surface area contributed by atoms with Crippen LogP contribution in [-0.4, -0.2) is 0 Å². The second-order valence-electron chi connectivity index (χ2n) is 6.72. The van der Waals surface area contributed by atoms with Gasteiger partial charge in [0.25, 0.3) is 0 Å². The van der Waals surface area contributed by atoms with E-state index in [2.05, 4.69) is 122 Å². The minimum atomic E-state index is -2.33. The summed E-state index contributed by atoms with van der Waals surface area (Å²) in [5.74, 6) is 0. The molecule has 128 valence electrons. The molecule has 26 heavy (non-hydrogen) atoms. The van der Waals surface area contributed by atoms with Crippen LogP contribution < -0.4 is 21.2 Å². The first kappa shape index (κ1) is 16.8. The van der Waals surface area contributed by atoms with Gasteiger partial charge in [0.05, 0.1) is 0 Å². The van der Waals surface area contributed by atoms with E-state index in [1.165, 1.54) is 26.8 Å². The van der Waals surface area contributed by atoms with Crippen LogP contribution in [0.1, 0.15) is 5.56 Å². The van der Waals surface area contributed by atoms with E-state index in [0.29, 0.717) is 0 Å². The summed E-state index contributed by atoms with van der Waals surface area (Å²) in [5, 5.41) is 5.69. The predicted molar refractivity (Wildman–Crippen MR) is 117 cm³/mol. The summed E-state index contributed by atoms with van der Waals surface area (Å²) in [6.45, 7) is 2.18. The molecule has 0 bridgehead atoms. The number of hydrogen-bond acceptors (Lipinski definition) is 0. The van der Waals surface area contributed by atoms with Gasteiger partial charge in [-0.3, -0.25) is 0 Å². The summed E-state index contributed by atoms with van der Waals surface area (Å²) in [4.78, 5) is 0. The van der Waals surface area contributed by atoms with Gasteiger partial charge in [-0.25, -0.2) is 0 Å². The Labute approximate surface area is 156 Å². The fourth-order valence-corrected chi connectivity index (χ4v) is 8.81. The zero-order valence-electron chi connectivity index (χ0n) is 15.0. The van der Waals surface area contributed by atoms with Crippen molar-refractivity contribution in [3.63, 3.8) is 0 Å². The molecule has 4 rings (SSSR count). The Morgan fingerprint density at radius 1 is 0.423 bits per heavy atom. The van der Waals surface area contributed by atoms with Crippen LogP contribution in [0.4, 0.5) is 0 Å². The van der Waals surface area contributed by atoms with E-state index >= 15 is 0 Å². The number of aryl methyl sites for hydroxylation is 1. The molecule has 0 nitrogen and oxygen atoms in total. The SMILES string of the molecule is Cc1cccc([PH](c2ccccc2)(c2ccccc2)c2ccccc2)c1. The fraction of sp³-hybridized carbons (Fsp3) is 0.0400. The van der Waals surface area contributed by atoms with E-state index in [0.717, 1.165) is 0 Å². The molecule has 0 atom stereocenters. The van der Waals surface area contributed by atoms with Gasteiger partial charge in [-0.05, 0) is 0 Å². The summed E-state index contributed by atoms with van der Waals surface area (Å²) < 4.78 is 0. The minimum absolute atomic E-state index is 1.31. The average molecular weight is 354 g/mol. The molecule has 0 amide bonds. The van der Waals surface area contributed by atoms with E-state index in [1.54, 1.807) is 0 Å². The van der Waals surface area contributed by atoms with E-state index in [4.69, 9.17) is 0 Å². The third-order valence-corrected chi connectivity index (χ3v) is 9.85. The number of rotatable bonds is 4. The van der Waals surface area contributed by atoms with Crippen molar-refractivity contribution in [1.29, 1.82) is 0 Å². The Morgan fingerprint density at radius 3 is 1.19 bits per heavy atom. The topological polar surface area (TPSA) is 0 Å². The average Bonchev–Trinajstić information content (AvgIpc) is 2.71. The van der Waals surface area contributed by atoms with Crippen LogP contribution in [0, 0.1) is 6.92 Å². The third-order valence-electron chi connectivity index (χ3n) is 5.07. The van der Waals surface area contributed by atoms with E-state index in [-0.39, 0.29) is 0 Å². The second kappa shape index (κ2) is 7.28. The molecular weight excluding hydrogens is 331 g/mol. The summed E-state index contributed by atoms with van der Waals surface area (Å²) >= 11 is 0. The standard InChI is InChI=1S/C25H23P/c1-21-12-11-19-25(20-21)26(22-13-5-2-6-14-22,23-15-7-3-8-16-23)24-17-9-4-10-18-24/h2-20,26H,1H3. The summed E-state index contributed by atoms with van der Waals surface area (Å²) in [6.07, 6.45) is 0. The molecule has 4 aromatic rings. The molecule has 0 saturated carbocycles. The van der Waals surface area contributed by atoms with Gasteiger partial charge in [0, 0.05) is 0 Å². The molecule has 0 N–H and O–H groups in total. The Kier molecular flexibility index (Phi) is 4.69. The van der Waals surface area contributed by atoms with Gasteiger partial charge in [-0.2, -0.15) is 0 Å². The van der Waals surface area contributed by atoms with Gasteiger partial charge in [-0.15, -0.1) is 0 Å². The zero-order chi connectivity index (χ0) is 17.8. The van der Waals surface area contributed by atoms with Crippen molar-refractivity contribution in [2.45, 2.75) is 6.92 Å². The molecule has 0 aliphatic heterocycles. The van der Waals surface area contributed by atoms with Crippen LogP contribution >= 0.6 is 7.26 Å². The van der Waals surface area contributed by atoms with Gasteiger partial charge < -0.3 is 0 Å². The molecule has 0 aromatic heterocycles. The van der Waals surface area contributed by atoms with Crippen molar-refractivity contribution in [3.8, 4) is 0 Å². The van der Waals surface area contributed by atoms with Crippen molar-refractivity contribution in [2.75, 3.05) is 0 Å². The van der Waals surface area contributed by atoms with Crippen LogP contribution in [0.25, 0.3) is 0 Å². The molecule has 0 aliphatic carbocycles. The summed E-state index contributed by atoms with van der Waals surface area (Å²) in [5.41, 5.74) is 1.31. The van der Waals surface area contributed by atoms with Gasteiger partial charge in [0.2, 0.25) is 0 Å². The summed E-state index contributed by atoms with van der Waals surface area (Å²) in [6, 6.07) is 42.2. The first-order valence-electron chi connectivity index (χ1n) is 9.05. The molecule has 0 saturated heterocycles. The Balaban J connectivity index is 2.14. The summed E-state index contributed by atoms with van der Waals surface area (Å²) in [7, 11) is -2.33. The third kappa shape index (κ3) is 2.87. The number of hydrogen-bond donors (Lipinski definition) is 0. The van der Waals surface area contributed by atoms with Crippen LogP contribution in [0.2, 0.25) is 0 Å². The van der Waals surface area contributed by atoms with Crippen molar-refractivity contribution >= 4 is 28.5 Å². The van der Waals surface area contributed by atoms with E-state index in [1.807, 2.05) is 0 Å². The normalized spacial score (nSPS) is 11.9. The van der Waals surface area contributed by atoms with Crippen molar-refractivity contribution in [3.05, 3.63) is 121 Å². The molecule has 0 aliphatic rings. The first-order valence-corrected chi connectivity index (χ1v) is 11.1. The van der Waals surface area contributed by atoms with Gasteiger partial charge in [0.15, 0.2) is 0 Å². The molecule has 4 aromatic carbocycles. The molecule has 1 heteroatoms. The zero-order valence-corrected chi connectivity index (χ0v) is 16.0. The first-order chi connectivity index (χ1) is 12.8. The van der Waals surface area contributed by atoms with Crippen molar-refractivity contribution in [1.82, 2.24) is 0 Å². The van der Waals surface area contributed by atoms with Gasteiger partial charge in [-0.1, -0.05) is 0 Å². The van der Waals surface area contributed by atoms with Crippen LogP contribution in [0.15, 0.2) is 115 Å². The van der Waals surface area contributed by atoms with Crippen molar-refractivity contribution in [2.24, 2.45) is 0 Å². The molecule has 0 unspecified atom stereocenters. The molecule has 0 spiro atoms. The molecule has 0 heterocycles. The van der Waals surface area contributed by atoms with Crippen LogP contribution in [0.3, 0.4) is 0 Å². The van der Waals surface area contributed by atoms with Crippen molar-refractivity contribution < 1.29 is 0 Å². The Hall–Kier alpha value is -2.69. The number of benzene rings is 4. The Morgan fingerprint density at radius 2 is 0.808 bits per heavy atom.